The van der Waals surface area contributed by atoms with Gasteiger partial charge in [0.2, 0.25) is 5.91 Å². The van der Waals surface area contributed by atoms with Crippen LogP contribution in [0, 0.1) is 17.8 Å². The van der Waals surface area contributed by atoms with Crippen LogP contribution in [0.1, 0.15) is 39.5 Å². The second kappa shape index (κ2) is 6.41. The Kier molecular flexibility index (Phi) is 5.44. The maximum atomic E-state index is 12.6. The number of hydroxylamine groups is 1. The zero-order valence-corrected chi connectivity index (χ0v) is 10.7. The highest BCUT2D eigenvalue weighted by Crippen LogP contribution is 2.39. The molecule has 106 valence electrons. The van der Waals surface area contributed by atoms with Crippen molar-refractivity contribution >= 4 is 5.91 Å². The summed E-state index contributed by atoms with van der Waals surface area (Å²) < 4.78 is 37.7. The quantitative estimate of drug-likeness (QED) is 0.795. The van der Waals surface area contributed by atoms with Crippen molar-refractivity contribution in [2.45, 2.75) is 45.7 Å². The van der Waals surface area contributed by atoms with Crippen LogP contribution in [0.15, 0.2) is 0 Å². The Bertz CT molecular complexity index is 279. The summed E-state index contributed by atoms with van der Waals surface area (Å²) in [5, 5.41) is 0. The molecule has 0 spiro atoms. The predicted octanol–water partition coefficient (Wildman–Crippen LogP) is 3.06. The molecular formula is C12H20F3NO2. The van der Waals surface area contributed by atoms with Crippen molar-refractivity contribution in [1.82, 2.24) is 5.48 Å². The van der Waals surface area contributed by atoms with Crippen molar-refractivity contribution in [1.29, 1.82) is 0 Å². The molecule has 1 rings (SSSR count). The second-order valence-electron chi connectivity index (χ2n) is 5.27. The molecule has 0 aromatic carbocycles. The molecule has 1 aliphatic rings. The van der Waals surface area contributed by atoms with E-state index in [0.29, 0.717) is 19.4 Å². The van der Waals surface area contributed by atoms with Crippen LogP contribution in [0.25, 0.3) is 0 Å². The third kappa shape index (κ3) is 4.84. The van der Waals surface area contributed by atoms with Gasteiger partial charge in [-0.2, -0.15) is 13.2 Å². The first-order valence-corrected chi connectivity index (χ1v) is 6.29. The summed E-state index contributed by atoms with van der Waals surface area (Å²) in [5.74, 6) is -2.10. The Morgan fingerprint density at radius 2 is 2.06 bits per heavy atom. The third-order valence-corrected chi connectivity index (χ3v) is 3.10. The minimum atomic E-state index is -4.20. The molecule has 2 unspecified atom stereocenters. The molecule has 0 heterocycles. The number of halogens is 3. The van der Waals surface area contributed by atoms with E-state index in [1.807, 2.05) is 13.8 Å². The van der Waals surface area contributed by atoms with E-state index in [9.17, 15) is 18.0 Å². The summed E-state index contributed by atoms with van der Waals surface area (Å²) in [5.41, 5.74) is 2.25. The van der Waals surface area contributed by atoms with Gasteiger partial charge in [-0.1, -0.05) is 20.3 Å². The predicted molar refractivity (Wildman–Crippen MR) is 60.4 cm³/mol. The van der Waals surface area contributed by atoms with Crippen LogP contribution in [0.4, 0.5) is 13.2 Å². The van der Waals surface area contributed by atoms with Crippen LogP contribution in [-0.4, -0.2) is 18.7 Å². The van der Waals surface area contributed by atoms with Gasteiger partial charge in [0.05, 0.1) is 12.5 Å². The van der Waals surface area contributed by atoms with Crippen LogP contribution in [-0.2, 0) is 9.63 Å². The average molecular weight is 267 g/mol. The molecule has 1 saturated carbocycles. The molecule has 0 radical (unpaired) electrons. The fraction of sp³-hybridized carbons (Fsp3) is 0.917. The van der Waals surface area contributed by atoms with Gasteiger partial charge in [0.15, 0.2) is 0 Å². The number of rotatable bonds is 4. The van der Waals surface area contributed by atoms with E-state index in [0.717, 1.165) is 0 Å². The van der Waals surface area contributed by atoms with Crippen LogP contribution < -0.4 is 5.48 Å². The molecule has 1 fully saturated rings. The molecule has 6 heteroatoms. The monoisotopic (exact) mass is 267 g/mol. The highest BCUT2D eigenvalue weighted by molar-refractivity contribution is 5.77. The third-order valence-electron chi connectivity index (χ3n) is 3.10. The van der Waals surface area contributed by atoms with E-state index in [4.69, 9.17) is 4.84 Å². The first-order chi connectivity index (χ1) is 8.30. The first-order valence-electron chi connectivity index (χ1n) is 6.29. The number of carbonyl (C=O) groups is 1. The zero-order chi connectivity index (χ0) is 13.8. The summed E-state index contributed by atoms with van der Waals surface area (Å²) in [6.45, 7) is 4.21. The lowest BCUT2D eigenvalue weighted by atomic mass is 9.81. The molecule has 1 aliphatic carbocycles. The highest BCUT2D eigenvalue weighted by Gasteiger charge is 2.43. The number of carbonyl (C=O) groups excluding carboxylic acids is 1. The molecule has 18 heavy (non-hydrogen) atoms. The molecule has 0 saturated heterocycles. The lowest BCUT2D eigenvalue weighted by Crippen LogP contribution is -2.37. The van der Waals surface area contributed by atoms with Crippen molar-refractivity contribution in [3.05, 3.63) is 0 Å². The number of alkyl halides is 3. The number of nitrogens with one attached hydrogen (secondary N) is 1. The van der Waals surface area contributed by atoms with Crippen molar-refractivity contribution < 1.29 is 22.8 Å². The van der Waals surface area contributed by atoms with E-state index in [1.54, 1.807) is 0 Å². The Balaban J connectivity index is 2.39. The largest absolute Gasteiger partial charge is 0.391 e. The van der Waals surface area contributed by atoms with Gasteiger partial charge in [-0.15, -0.1) is 0 Å². The molecule has 0 aromatic heterocycles. The number of hydrogen-bond donors (Lipinski definition) is 1. The molecule has 1 amide bonds. The minimum Gasteiger partial charge on any atom is -0.273 e. The van der Waals surface area contributed by atoms with Gasteiger partial charge in [-0.3, -0.25) is 9.63 Å². The van der Waals surface area contributed by atoms with Crippen LogP contribution in [0.2, 0.25) is 0 Å². The Labute approximate surface area is 105 Å². The van der Waals surface area contributed by atoms with Crippen LogP contribution >= 0.6 is 0 Å². The topological polar surface area (TPSA) is 38.3 Å². The maximum absolute atomic E-state index is 12.6. The number of hydrogen-bond acceptors (Lipinski definition) is 2. The molecule has 0 bridgehead atoms. The second-order valence-corrected chi connectivity index (χ2v) is 5.27. The zero-order valence-electron chi connectivity index (χ0n) is 10.7. The normalized spacial score (nSPS) is 25.2. The lowest BCUT2D eigenvalue weighted by molar-refractivity contribution is -0.187. The number of amides is 1. The molecule has 2 atom stereocenters. The average Bonchev–Trinajstić information content (AvgIpc) is 2.27. The molecule has 0 aromatic rings. The molecule has 0 aliphatic heterocycles. The Hall–Kier alpha value is -0.780. The summed E-state index contributed by atoms with van der Waals surface area (Å²) in [4.78, 5) is 16.6. The van der Waals surface area contributed by atoms with Crippen molar-refractivity contribution in [2.24, 2.45) is 17.8 Å². The van der Waals surface area contributed by atoms with Gasteiger partial charge >= 0.3 is 6.18 Å². The molecule has 1 N–H and O–H groups in total. The minimum absolute atomic E-state index is 0.125. The van der Waals surface area contributed by atoms with Crippen molar-refractivity contribution in [2.75, 3.05) is 6.61 Å². The smallest absolute Gasteiger partial charge is 0.273 e. The Morgan fingerprint density at radius 3 is 2.61 bits per heavy atom. The standard InChI is InChI=1S/C12H20F3NO2/c1-8(2)7-18-16-11(17)9-4-3-5-10(6-9)12(13,14)15/h8-10H,3-7H2,1-2H3,(H,16,17). The summed E-state index contributed by atoms with van der Waals surface area (Å²) in [6, 6.07) is 0. The maximum Gasteiger partial charge on any atom is 0.391 e. The van der Waals surface area contributed by atoms with Crippen LogP contribution in [0.5, 0.6) is 0 Å². The van der Waals surface area contributed by atoms with E-state index in [2.05, 4.69) is 5.48 Å². The van der Waals surface area contributed by atoms with E-state index in [1.165, 1.54) is 0 Å². The van der Waals surface area contributed by atoms with Gasteiger partial charge in [-0.05, 0) is 25.2 Å². The fourth-order valence-corrected chi connectivity index (χ4v) is 2.09. The molecular weight excluding hydrogens is 247 g/mol. The summed E-state index contributed by atoms with van der Waals surface area (Å²) in [7, 11) is 0. The van der Waals surface area contributed by atoms with Gasteiger partial charge in [-0.25, -0.2) is 5.48 Å². The highest BCUT2D eigenvalue weighted by atomic mass is 19.4. The van der Waals surface area contributed by atoms with Gasteiger partial charge in [0.1, 0.15) is 0 Å². The summed E-state index contributed by atoms with van der Waals surface area (Å²) in [6.07, 6.45) is -3.26. The SMILES string of the molecule is CC(C)CONC(=O)C1CCCC(C(F)(F)F)C1. The summed E-state index contributed by atoms with van der Waals surface area (Å²) >= 11 is 0. The van der Waals surface area contributed by atoms with E-state index >= 15 is 0 Å². The van der Waals surface area contributed by atoms with Gasteiger partial charge < -0.3 is 0 Å². The van der Waals surface area contributed by atoms with Crippen LogP contribution in [0.3, 0.4) is 0 Å². The van der Waals surface area contributed by atoms with Gasteiger partial charge in [0, 0.05) is 5.92 Å². The Morgan fingerprint density at radius 1 is 1.39 bits per heavy atom. The van der Waals surface area contributed by atoms with Crippen molar-refractivity contribution in [3.8, 4) is 0 Å². The first kappa shape index (κ1) is 15.3. The van der Waals surface area contributed by atoms with Gasteiger partial charge in [0.25, 0.3) is 0 Å². The van der Waals surface area contributed by atoms with Crippen molar-refractivity contribution in [3.63, 3.8) is 0 Å². The van der Waals surface area contributed by atoms with E-state index < -0.39 is 23.9 Å². The van der Waals surface area contributed by atoms with E-state index in [-0.39, 0.29) is 18.8 Å². The molecule has 3 nitrogen and oxygen atoms in total. The lowest BCUT2D eigenvalue weighted by Gasteiger charge is -2.29. The fourth-order valence-electron chi connectivity index (χ4n) is 2.09.